The monoisotopic (exact) mass is 323 g/mol. The van der Waals surface area contributed by atoms with Gasteiger partial charge in [0.1, 0.15) is 11.6 Å². The maximum Gasteiger partial charge on any atom is 0.390 e. The van der Waals surface area contributed by atoms with Crippen LogP contribution in [0.1, 0.15) is 17.8 Å². The van der Waals surface area contributed by atoms with Crippen LogP contribution in [0.3, 0.4) is 0 Å². The molecule has 0 saturated heterocycles. The maximum absolute atomic E-state index is 13.6. The van der Waals surface area contributed by atoms with Gasteiger partial charge in [-0.3, -0.25) is 4.98 Å². The highest BCUT2D eigenvalue weighted by atomic mass is 35.5. The van der Waals surface area contributed by atoms with E-state index in [4.69, 9.17) is 11.6 Å². The van der Waals surface area contributed by atoms with Crippen molar-refractivity contribution >= 4 is 11.6 Å². The number of aromatic amines is 1. The van der Waals surface area contributed by atoms with Gasteiger partial charge in [0.25, 0.3) is 0 Å². The normalized spacial score (nSPS) is 11.9. The maximum atomic E-state index is 13.6. The van der Waals surface area contributed by atoms with Gasteiger partial charge in [-0.15, -0.1) is 0 Å². The summed E-state index contributed by atoms with van der Waals surface area (Å²) in [6.07, 6.45) is -5.66. The van der Waals surface area contributed by atoms with E-state index in [2.05, 4.69) is 10.1 Å². The van der Waals surface area contributed by atoms with Gasteiger partial charge >= 0.3 is 11.9 Å². The minimum Gasteiger partial charge on any atom is -0.292 e. The Balaban J connectivity index is 2.18. The third kappa shape index (κ3) is 4.07. The molecule has 0 aliphatic carbocycles. The lowest BCUT2D eigenvalue weighted by atomic mass is 10.1. The molecule has 0 spiro atoms. The van der Waals surface area contributed by atoms with Gasteiger partial charge in [0.15, 0.2) is 0 Å². The Hall–Kier alpha value is -1.83. The summed E-state index contributed by atoms with van der Waals surface area (Å²) in [5, 5.41) is 3.87. The lowest BCUT2D eigenvalue weighted by Gasteiger charge is -2.05. The number of hydrogen-bond acceptors (Lipinski definition) is 2. The van der Waals surface area contributed by atoms with Crippen LogP contribution < -0.4 is 5.69 Å². The zero-order valence-electron chi connectivity index (χ0n) is 10.5. The Morgan fingerprint density at radius 2 is 2.05 bits per heavy atom. The minimum atomic E-state index is -4.38. The topological polar surface area (TPSA) is 50.7 Å². The summed E-state index contributed by atoms with van der Waals surface area (Å²) in [7, 11) is 0. The van der Waals surface area contributed by atoms with Crippen molar-refractivity contribution in [2.24, 2.45) is 0 Å². The molecule has 0 saturated carbocycles. The first-order valence-electron chi connectivity index (χ1n) is 5.92. The van der Waals surface area contributed by atoms with Gasteiger partial charge in [-0.25, -0.2) is 13.9 Å². The number of aromatic nitrogens is 3. The number of nitrogens with one attached hydrogen (secondary N) is 1. The molecule has 1 N–H and O–H groups in total. The SMILES string of the molecule is O=c1[nH]c(Cc2c(F)cccc2Cl)nn1CCC(F)(F)F. The van der Waals surface area contributed by atoms with E-state index in [0.29, 0.717) is 4.68 Å². The third-order valence-corrected chi connectivity index (χ3v) is 3.09. The second-order valence-corrected chi connectivity index (χ2v) is 4.75. The molecular formula is C12H10ClF4N3O. The second-order valence-electron chi connectivity index (χ2n) is 4.34. The Morgan fingerprint density at radius 1 is 1.33 bits per heavy atom. The number of alkyl halides is 3. The summed E-state index contributed by atoms with van der Waals surface area (Å²) in [6, 6.07) is 4.09. The average Bonchev–Trinajstić information content (AvgIpc) is 2.71. The lowest BCUT2D eigenvalue weighted by molar-refractivity contribution is -0.137. The molecule has 1 aromatic carbocycles. The fourth-order valence-electron chi connectivity index (χ4n) is 1.74. The van der Waals surface area contributed by atoms with Crippen molar-refractivity contribution in [3.63, 3.8) is 0 Å². The van der Waals surface area contributed by atoms with E-state index in [1.165, 1.54) is 18.2 Å². The third-order valence-electron chi connectivity index (χ3n) is 2.74. The molecule has 0 amide bonds. The van der Waals surface area contributed by atoms with Crippen LogP contribution in [-0.4, -0.2) is 20.9 Å². The van der Waals surface area contributed by atoms with E-state index in [9.17, 15) is 22.4 Å². The van der Waals surface area contributed by atoms with E-state index in [0.717, 1.165) is 0 Å². The van der Waals surface area contributed by atoms with Gasteiger partial charge in [0.2, 0.25) is 0 Å². The molecule has 0 unspecified atom stereocenters. The number of aryl methyl sites for hydroxylation is 1. The number of nitrogens with zero attached hydrogens (tertiary/aromatic N) is 2. The van der Waals surface area contributed by atoms with Crippen molar-refractivity contribution in [2.45, 2.75) is 25.6 Å². The molecule has 0 fully saturated rings. The van der Waals surface area contributed by atoms with Crippen molar-refractivity contribution in [1.82, 2.24) is 14.8 Å². The molecular weight excluding hydrogens is 314 g/mol. The van der Waals surface area contributed by atoms with Crippen molar-refractivity contribution < 1.29 is 17.6 Å². The zero-order valence-corrected chi connectivity index (χ0v) is 11.3. The molecule has 0 atom stereocenters. The molecule has 0 radical (unpaired) electrons. The number of H-pyrrole nitrogens is 1. The molecule has 1 aromatic heterocycles. The first kappa shape index (κ1) is 15.6. The molecule has 2 aromatic rings. The average molecular weight is 324 g/mol. The zero-order chi connectivity index (χ0) is 15.6. The van der Waals surface area contributed by atoms with Gasteiger partial charge in [-0.1, -0.05) is 17.7 Å². The molecule has 2 rings (SSSR count). The van der Waals surface area contributed by atoms with Crippen LogP contribution in [-0.2, 0) is 13.0 Å². The molecule has 1 heterocycles. The molecule has 114 valence electrons. The Bertz CT molecular complexity index is 672. The fraction of sp³-hybridized carbons (Fsp3) is 0.333. The number of rotatable bonds is 4. The first-order valence-corrected chi connectivity index (χ1v) is 6.30. The first-order chi connectivity index (χ1) is 9.76. The van der Waals surface area contributed by atoms with Gasteiger partial charge in [-0.2, -0.15) is 18.3 Å². The second kappa shape index (κ2) is 5.88. The summed E-state index contributed by atoms with van der Waals surface area (Å²) >= 11 is 5.83. The standard InChI is InChI=1S/C12H10ClF4N3O/c13-8-2-1-3-9(14)7(8)6-10-18-11(21)20(19-10)5-4-12(15,16)17/h1-3H,4-6H2,(H,18,19,21). The summed E-state index contributed by atoms with van der Waals surface area (Å²) in [6.45, 7) is -0.593. The van der Waals surface area contributed by atoms with Gasteiger partial charge in [-0.05, 0) is 12.1 Å². The summed E-state index contributed by atoms with van der Waals surface area (Å²) < 4.78 is 50.6. The van der Waals surface area contributed by atoms with Crippen LogP contribution in [0.25, 0.3) is 0 Å². The van der Waals surface area contributed by atoms with Crippen molar-refractivity contribution in [1.29, 1.82) is 0 Å². The number of benzene rings is 1. The Kier molecular flexibility index (Phi) is 4.36. The Labute approximate surface area is 121 Å². The van der Waals surface area contributed by atoms with Gasteiger partial charge in [0.05, 0.1) is 13.0 Å². The molecule has 0 bridgehead atoms. The molecule has 9 heteroatoms. The molecule has 21 heavy (non-hydrogen) atoms. The highest BCUT2D eigenvalue weighted by Crippen LogP contribution is 2.21. The minimum absolute atomic E-state index is 0.0502. The van der Waals surface area contributed by atoms with Crippen LogP contribution in [0.15, 0.2) is 23.0 Å². The van der Waals surface area contributed by atoms with Crippen molar-refractivity contribution in [3.05, 3.63) is 50.9 Å². The van der Waals surface area contributed by atoms with Crippen molar-refractivity contribution in [3.8, 4) is 0 Å². The van der Waals surface area contributed by atoms with Crippen molar-refractivity contribution in [2.75, 3.05) is 0 Å². The highest BCUT2D eigenvalue weighted by molar-refractivity contribution is 6.31. The van der Waals surface area contributed by atoms with E-state index >= 15 is 0 Å². The number of hydrogen-bond donors (Lipinski definition) is 1. The van der Waals surface area contributed by atoms with E-state index < -0.39 is 30.6 Å². The van der Waals surface area contributed by atoms with E-state index in [1.54, 1.807) is 0 Å². The largest absolute Gasteiger partial charge is 0.390 e. The molecule has 0 aliphatic rings. The number of halogens is 5. The Morgan fingerprint density at radius 3 is 2.67 bits per heavy atom. The van der Waals surface area contributed by atoms with Crippen LogP contribution in [0.4, 0.5) is 17.6 Å². The van der Waals surface area contributed by atoms with Crippen LogP contribution >= 0.6 is 11.6 Å². The highest BCUT2D eigenvalue weighted by Gasteiger charge is 2.27. The lowest BCUT2D eigenvalue weighted by Crippen LogP contribution is -2.22. The van der Waals surface area contributed by atoms with Crippen LogP contribution in [0.5, 0.6) is 0 Å². The smallest absolute Gasteiger partial charge is 0.292 e. The quantitative estimate of drug-likeness (QED) is 0.880. The summed E-state index contributed by atoms with van der Waals surface area (Å²) in [5.74, 6) is -0.526. The van der Waals surface area contributed by atoms with Crippen LogP contribution in [0, 0.1) is 5.82 Å². The predicted molar refractivity (Wildman–Crippen MR) is 67.7 cm³/mol. The summed E-state index contributed by atoms with van der Waals surface area (Å²) in [4.78, 5) is 13.8. The molecule has 0 aliphatic heterocycles. The van der Waals surface area contributed by atoms with E-state index in [1.807, 2.05) is 0 Å². The fourth-order valence-corrected chi connectivity index (χ4v) is 1.97. The predicted octanol–water partition coefficient (Wildman–Crippen LogP) is 2.91. The van der Waals surface area contributed by atoms with Gasteiger partial charge in [0, 0.05) is 17.0 Å². The summed E-state index contributed by atoms with van der Waals surface area (Å²) in [5.41, 5.74) is -0.655. The van der Waals surface area contributed by atoms with Gasteiger partial charge < -0.3 is 0 Å². The van der Waals surface area contributed by atoms with E-state index in [-0.39, 0.29) is 22.8 Å². The van der Waals surface area contributed by atoms with Crippen LogP contribution in [0.2, 0.25) is 5.02 Å². The molecule has 4 nitrogen and oxygen atoms in total.